The molecule has 1 unspecified atom stereocenters. The number of fused-ring (bicyclic) bond motifs is 5. The second-order valence-corrected chi connectivity index (χ2v) is 14.6. The number of nitrogens with zero attached hydrogens (tertiary/aromatic N) is 2. The average molecular weight is 556 g/mol. The zero-order valence-corrected chi connectivity index (χ0v) is 25.6. The van der Waals surface area contributed by atoms with Gasteiger partial charge in [-0.3, -0.25) is 9.63 Å². The van der Waals surface area contributed by atoms with Crippen LogP contribution >= 0.6 is 12.2 Å². The van der Waals surface area contributed by atoms with Gasteiger partial charge >= 0.3 is 6.09 Å². The lowest BCUT2D eigenvalue weighted by atomic mass is 9.46. The monoisotopic (exact) mass is 555 g/mol. The number of allylic oxidation sites excluding steroid dienone is 1. The van der Waals surface area contributed by atoms with Crippen molar-refractivity contribution in [1.82, 2.24) is 10.2 Å². The molecule has 0 aromatic rings. The Morgan fingerprint density at radius 1 is 1.15 bits per heavy atom. The molecule has 3 saturated carbocycles. The maximum absolute atomic E-state index is 13.1. The normalized spacial score (nSPS) is 38.3. The van der Waals surface area contributed by atoms with Crippen molar-refractivity contribution in [2.24, 2.45) is 45.6 Å². The van der Waals surface area contributed by atoms with Gasteiger partial charge in [0, 0.05) is 42.9 Å². The van der Waals surface area contributed by atoms with E-state index < -0.39 is 0 Å². The van der Waals surface area contributed by atoms with E-state index >= 15 is 0 Å². The first-order valence-electron chi connectivity index (χ1n) is 15.5. The lowest BCUT2D eigenvalue weighted by Gasteiger charge is -2.58. The molecule has 1 N–H and O–H groups in total. The van der Waals surface area contributed by atoms with E-state index in [0.717, 1.165) is 55.1 Å². The summed E-state index contributed by atoms with van der Waals surface area (Å²) in [4.78, 5) is 33.8. The quantitative estimate of drug-likeness (QED) is 0.163. The first-order chi connectivity index (χ1) is 18.5. The fraction of sp³-hybridized carbons (Fsp3) is 0.812. The minimum absolute atomic E-state index is 0.199. The first kappa shape index (κ1) is 28.9. The van der Waals surface area contributed by atoms with Crippen molar-refractivity contribution in [3.8, 4) is 0 Å². The van der Waals surface area contributed by atoms with Crippen LogP contribution in [0.5, 0.6) is 0 Å². The van der Waals surface area contributed by atoms with E-state index in [2.05, 4.69) is 45.1 Å². The van der Waals surface area contributed by atoms with E-state index in [1.807, 2.05) is 6.08 Å². The summed E-state index contributed by atoms with van der Waals surface area (Å²) < 4.78 is 0. The van der Waals surface area contributed by atoms with E-state index in [1.54, 1.807) is 4.90 Å². The van der Waals surface area contributed by atoms with Crippen molar-refractivity contribution in [2.45, 2.75) is 105 Å². The van der Waals surface area contributed by atoms with Crippen LogP contribution in [0, 0.1) is 40.4 Å². The first-order valence-corrected chi connectivity index (χ1v) is 15.9. The molecule has 0 aromatic carbocycles. The van der Waals surface area contributed by atoms with Crippen LogP contribution in [0.1, 0.15) is 98.8 Å². The molecule has 7 atom stereocenters. The molecule has 0 aromatic heterocycles. The highest BCUT2D eigenvalue weighted by molar-refractivity contribution is 7.80. The van der Waals surface area contributed by atoms with Crippen LogP contribution in [-0.2, 0) is 9.63 Å². The molecule has 4 aliphatic carbocycles. The maximum Gasteiger partial charge on any atom is 0.435 e. The Morgan fingerprint density at radius 2 is 1.95 bits per heavy atom. The Labute approximate surface area is 240 Å². The summed E-state index contributed by atoms with van der Waals surface area (Å²) in [7, 11) is 0. The second kappa shape index (κ2) is 11.3. The lowest BCUT2D eigenvalue weighted by molar-refractivity contribution is -0.117. The van der Waals surface area contributed by atoms with Gasteiger partial charge in [0.05, 0.1) is 5.71 Å². The van der Waals surface area contributed by atoms with E-state index in [4.69, 9.17) is 17.1 Å². The van der Waals surface area contributed by atoms with Gasteiger partial charge in [-0.05, 0) is 105 Å². The molecule has 7 heteroatoms. The average Bonchev–Trinajstić information content (AvgIpc) is 3.47. The predicted molar refractivity (Wildman–Crippen MR) is 160 cm³/mol. The molecule has 1 amide bonds. The second-order valence-electron chi connectivity index (χ2n) is 14.1. The van der Waals surface area contributed by atoms with Crippen molar-refractivity contribution in [3.05, 3.63) is 11.6 Å². The fourth-order valence-corrected chi connectivity index (χ4v) is 9.68. The van der Waals surface area contributed by atoms with Crippen LogP contribution < -0.4 is 5.32 Å². The maximum atomic E-state index is 13.1. The van der Waals surface area contributed by atoms with Gasteiger partial charge in [0.2, 0.25) is 0 Å². The standard InChI is InChI=1S/C32H49N3O3S/c1-20(2)19-35(17-13-28-29(39)12-16-33-28)30(37)38-34-21(3)25-8-9-26-24-7-6-22-18-23(36)10-14-31(22,4)27(24)11-15-32(25,26)5/h18,20,24-28,33H,6-17,19H2,1-5H3/b34-21+/t24-,25+,26-,27-,28?,31-,32+/m0/s1. The highest BCUT2D eigenvalue weighted by Gasteiger charge is 2.59. The zero-order valence-electron chi connectivity index (χ0n) is 24.8. The van der Waals surface area contributed by atoms with Gasteiger partial charge in [0.15, 0.2) is 5.78 Å². The summed E-state index contributed by atoms with van der Waals surface area (Å²) in [5.41, 5.74) is 2.80. The molecule has 216 valence electrons. The van der Waals surface area contributed by atoms with Crippen LogP contribution in [-0.4, -0.2) is 53.0 Å². The van der Waals surface area contributed by atoms with Crippen LogP contribution in [0.15, 0.2) is 16.8 Å². The minimum atomic E-state index is -0.346. The summed E-state index contributed by atoms with van der Waals surface area (Å²) in [5, 5.41) is 7.94. The molecule has 6 nitrogen and oxygen atoms in total. The number of rotatable bonds is 7. The highest BCUT2D eigenvalue weighted by Crippen LogP contribution is 2.66. The van der Waals surface area contributed by atoms with Crippen molar-refractivity contribution >= 4 is 34.7 Å². The van der Waals surface area contributed by atoms with Crippen LogP contribution in [0.2, 0.25) is 0 Å². The molecular weight excluding hydrogens is 506 g/mol. The molecule has 1 heterocycles. The molecule has 39 heavy (non-hydrogen) atoms. The minimum Gasteiger partial charge on any atom is -0.309 e. The summed E-state index contributed by atoms with van der Waals surface area (Å²) in [6.45, 7) is 13.5. The summed E-state index contributed by atoms with van der Waals surface area (Å²) in [6.07, 6.45) is 12.2. The Bertz CT molecular complexity index is 1050. The number of carbonyl (C=O) groups is 2. The number of ketones is 1. The van der Waals surface area contributed by atoms with Crippen molar-refractivity contribution in [2.75, 3.05) is 19.6 Å². The van der Waals surface area contributed by atoms with Gasteiger partial charge in [-0.1, -0.05) is 50.6 Å². The summed E-state index contributed by atoms with van der Waals surface area (Å²) in [5.74, 6) is 3.12. The van der Waals surface area contributed by atoms with Crippen LogP contribution in [0.3, 0.4) is 0 Å². The van der Waals surface area contributed by atoms with Crippen LogP contribution in [0.4, 0.5) is 4.79 Å². The Balaban J connectivity index is 1.24. The van der Waals surface area contributed by atoms with Crippen LogP contribution in [0.25, 0.3) is 0 Å². The van der Waals surface area contributed by atoms with E-state index in [1.165, 1.54) is 31.3 Å². The van der Waals surface area contributed by atoms with Gasteiger partial charge in [-0.2, -0.15) is 0 Å². The Hall–Kier alpha value is -1.60. The third kappa shape index (κ3) is 5.51. The Morgan fingerprint density at radius 3 is 2.67 bits per heavy atom. The van der Waals surface area contributed by atoms with E-state index in [-0.39, 0.29) is 23.0 Å². The molecule has 0 radical (unpaired) electrons. The number of hydrogen-bond acceptors (Lipinski definition) is 6. The molecule has 1 aliphatic heterocycles. The van der Waals surface area contributed by atoms with E-state index in [0.29, 0.717) is 49.0 Å². The predicted octanol–water partition coefficient (Wildman–Crippen LogP) is 6.73. The molecule has 0 spiro atoms. The number of nitrogens with one attached hydrogen (secondary N) is 1. The number of oxime groups is 1. The molecule has 4 fully saturated rings. The number of hydrogen-bond donors (Lipinski definition) is 1. The van der Waals surface area contributed by atoms with Crippen molar-refractivity contribution in [3.63, 3.8) is 0 Å². The zero-order chi connectivity index (χ0) is 27.9. The smallest absolute Gasteiger partial charge is 0.309 e. The van der Waals surface area contributed by atoms with Gasteiger partial charge in [0.25, 0.3) is 0 Å². The molecular formula is C32H49N3O3S. The third-order valence-electron chi connectivity index (χ3n) is 11.4. The summed E-state index contributed by atoms with van der Waals surface area (Å²) in [6, 6.07) is 0.209. The van der Waals surface area contributed by atoms with Gasteiger partial charge < -0.3 is 10.2 Å². The highest BCUT2D eigenvalue weighted by atomic mass is 32.1. The number of thiocarbonyl (C=S) groups is 1. The Kier molecular flexibility index (Phi) is 8.41. The number of carbonyl (C=O) groups excluding carboxylic acids is 2. The lowest BCUT2D eigenvalue weighted by Crippen LogP contribution is -2.51. The van der Waals surface area contributed by atoms with Gasteiger partial charge in [0.1, 0.15) is 0 Å². The molecule has 1 saturated heterocycles. The number of amides is 1. The van der Waals surface area contributed by atoms with Crippen molar-refractivity contribution in [1.29, 1.82) is 0 Å². The summed E-state index contributed by atoms with van der Waals surface area (Å²) >= 11 is 5.49. The third-order valence-corrected chi connectivity index (χ3v) is 11.9. The SMILES string of the molecule is C/C(=N\OC(=O)N(CCC1NCCC1=S)CC(C)C)[C@H]1CC[C@H]2[C@@H]3CCC4=CC(=O)CC[C@]4(C)[C@H]3CC[C@]12C. The van der Waals surface area contributed by atoms with Crippen molar-refractivity contribution < 1.29 is 14.4 Å². The molecule has 5 aliphatic rings. The topological polar surface area (TPSA) is 71.0 Å². The van der Waals surface area contributed by atoms with E-state index in [9.17, 15) is 9.59 Å². The van der Waals surface area contributed by atoms with Gasteiger partial charge in [-0.25, -0.2) is 4.79 Å². The fourth-order valence-electron chi connectivity index (χ4n) is 9.38. The van der Waals surface area contributed by atoms with Gasteiger partial charge in [-0.15, -0.1) is 0 Å². The molecule has 0 bridgehead atoms. The largest absolute Gasteiger partial charge is 0.435 e. The molecule has 5 rings (SSSR count).